The molecule has 1 N–H and O–H groups in total. The second-order valence-corrected chi connectivity index (χ2v) is 4.43. The first-order valence-electron chi connectivity index (χ1n) is 5.94. The van der Waals surface area contributed by atoms with Gasteiger partial charge in [0.05, 0.1) is 6.10 Å². The zero-order chi connectivity index (χ0) is 12.9. The van der Waals surface area contributed by atoms with E-state index in [9.17, 15) is 9.90 Å². The largest absolute Gasteiger partial charge is 0.479 e. The molecule has 1 aliphatic heterocycles. The minimum absolute atomic E-state index is 0.0747. The zero-order valence-corrected chi connectivity index (χ0v) is 10.6. The smallest absolute Gasteiger partial charge is 0.206 e. The maximum atomic E-state index is 11.8. The summed E-state index contributed by atoms with van der Waals surface area (Å²) < 4.78 is 5.58. The highest BCUT2D eigenvalue weighted by molar-refractivity contribution is 6.00. The molecule has 2 atom stereocenters. The van der Waals surface area contributed by atoms with E-state index in [1.807, 2.05) is 25.2 Å². The van der Waals surface area contributed by atoms with Crippen LogP contribution < -0.4 is 0 Å². The Balaban J connectivity index is 2.66. The van der Waals surface area contributed by atoms with Gasteiger partial charge in [-0.15, -0.1) is 0 Å². The summed E-state index contributed by atoms with van der Waals surface area (Å²) in [5, 5.41) is 9.25. The third kappa shape index (κ3) is 3.86. The molecule has 0 radical (unpaired) electrons. The second-order valence-electron chi connectivity index (χ2n) is 4.43. The molecule has 0 saturated heterocycles. The van der Waals surface area contributed by atoms with Crippen molar-refractivity contribution in [2.45, 2.75) is 45.3 Å². The van der Waals surface area contributed by atoms with Crippen molar-refractivity contribution in [3.63, 3.8) is 0 Å². The number of carbonyl (C=O) groups is 1. The fourth-order valence-corrected chi connectivity index (χ4v) is 1.60. The Kier molecular flexibility index (Phi) is 4.70. The molecule has 1 heterocycles. The van der Waals surface area contributed by atoms with Crippen molar-refractivity contribution in [1.29, 1.82) is 0 Å². The number of aliphatic hydroxyl groups is 1. The van der Waals surface area contributed by atoms with Gasteiger partial charge in [0.1, 0.15) is 5.76 Å². The molecule has 1 aliphatic rings. The van der Waals surface area contributed by atoms with Gasteiger partial charge in [0, 0.05) is 12.5 Å². The van der Waals surface area contributed by atoms with Gasteiger partial charge in [0.25, 0.3) is 0 Å². The van der Waals surface area contributed by atoms with Crippen LogP contribution in [-0.4, -0.2) is 22.6 Å². The highest BCUT2D eigenvalue weighted by Crippen LogP contribution is 2.28. The van der Waals surface area contributed by atoms with Gasteiger partial charge in [0.2, 0.25) is 5.78 Å². The number of carbonyl (C=O) groups excluding carboxylic acids is 1. The minimum atomic E-state index is -0.914. The highest BCUT2D eigenvalue weighted by atomic mass is 16.5. The van der Waals surface area contributed by atoms with E-state index in [0.717, 1.165) is 6.42 Å². The van der Waals surface area contributed by atoms with Crippen LogP contribution in [0.4, 0.5) is 0 Å². The predicted octanol–water partition coefficient (Wildman–Crippen LogP) is 2.52. The Morgan fingerprint density at radius 3 is 2.82 bits per heavy atom. The van der Waals surface area contributed by atoms with Gasteiger partial charge in [0.15, 0.2) is 5.60 Å². The first-order valence-corrected chi connectivity index (χ1v) is 5.94. The molecule has 17 heavy (non-hydrogen) atoms. The van der Waals surface area contributed by atoms with Crippen LogP contribution in [0, 0.1) is 0 Å². The lowest BCUT2D eigenvalue weighted by Crippen LogP contribution is -2.29. The molecule has 0 aromatic carbocycles. The maximum Gasteiger partial charge on any atom is 0.206 e. The number of hydrogen-bond acceptors (Lipinski definition) is 3. The third-order valence-electron chi connectivity index (χ3n) is 2.52. The van der Waals surface area contributed by atoms with Gasteiger partial charge in [-0.3, -0.25) is 4.79 Å². The Hall–Kier alpha value is -1.35. The van der Waals surface area contributed by atoms with E-state index in [4.69, 9.17) is 4.74 Å². The van der Waals surface area contributed by atoms with E-state index in [2.05, 4.69) is 0 Å². The van der Waals surface area contributed by atoms with E-state index in [0.29, 0.717) is 12.2 Å². The van der Waals surface area contributed by atoms with Crippen molar-refractivity contribution >= 4 is 5.78 Å². The molecule has 0 fully saturated rings. The SMILES string of the molecule is CC/C=C/C=C/[C@]1(C)OC(C[C@@H](C)O)=CC1=O. The number of hydrogen-bond donors (Lipinski definition) is 1. The van der Waals surface area contributed by atoms with Crippen molar-refractivity contribution < 1.29 is 14.6 Å². The molecule has 1 rings (SSSR count). The molecule has 0 unspecified atom stereocenters. The van der Waals surface area contributed by atoms with Crippen molar-refractivity contribution in [3.05, 3.63) is 36.1 Å². The summed E-state index contributed by atoms with van der Waals surface area (Å²) in [6.07, 6.45) is 9.77. The number of ketones is 1. The summed E-state index contributed by atoms with van der Waals surface area (Å²) in [6.45, 7) is 5.45. The van der Waals surface area contributed by atoms with Crippen molar-refractivity contribution in [2.24, 2.45) is 0 Å². The number of rotatable bonds is 5. The molecule has 0 spiro atoms. The summed E-state index contributed by atoms with van der Waals surface area (Å²) in [5.74, 6) is 0.478. The molecule has 3 heteroatoms. The Morgan fingerprint density at radius 1 is 1.53 bits per heavy atom. The van der Waals surface area contributed by atoms with Gasteiger partial charge >= 0.3 is 0 Å². The van der Waals surface area contributed by atoms with Crippen LogP contribution >= 0.6 is 0 Å². The van der Waals surface area contributed by atoms with E-state index in [1.165, 1.54) is 6.08 Å². The third-order valence-corrected chi connectivity index (χ3v) is 2.52. The molecule has 3 nitrogen and oxygen atoms in total. The second kappa shape index (κ2) is 5.82. The normalized spacial score (nSPS) is 26.6. The lowest BCUT2D eigenvalue weighted by Gasteiger charge is -2.20. The van der Waals surface area contributed by atoms with Gasteiger partial charge in [-0.25, -0.2) is 0 Å². The number of ether oxygens (including phenoxy) is 1. The Bertz CT molecular complexity index is 364. The topological polar surface area (TPSA) is 46.5 Å². The van der Waals surface area contributed by atoms with Crippen molar-refractivity contribution in [3.8, 4) is 0 Å². The molecule has 0 bridgehead atoms. The van der Waals surface area contributed by atoms with E-state index in [1.54, 1.807) is 19.9 Å². The summed E-state index contributed by atoms with van der Waals surface area (Å²) in [7, 11) is 0. The summed E-state index contributed by atoms with van der Waals surface area (Å²) in [5.41, 5.74) is -0.914. The van der Waals surface area contributed by atoms with Crippen LogP contribution in [0.5, 0.6) is 0 Å². The number of aliphatic hydroxyl groups excluding tert-OH is 1. The number of allylic oxidation sites excluding steroid dienone is 3. The fourth-order valence-electron chi connectivity index (χ4n) is 1.60. The first kappa shape index (κ1) is 13.7. The van der Waals surface area contributed by atoms with Crippen LogP contribution in [-0.2, 0) is 9.53 Å². The van der Waals surface area contributed by atoms with E-state index >= 15 is 0 Å². The zero-order valence-electron chi connectivity index (χ0n) is 10.6. The monoisotopic (exact) mass is 236 g/mol. The molecule has 0 aromatic heterocycles. The lowest BCUT2D eigenvalue weighted by molar-refractivity contribution is -0.124. The van der Waals surface area contributed by atoms with Crippen LogP contribution in [0.3, 0.4) is 0 Å². The Morgan fingerprint density at radius 2 is 2.24 bits per heavy atom. The van der Waals surface area contributed by atoms with Gasteiger partial charge < -0.3 is 9.84 Å². The molecular weight excluding hydrogens is 216 g/mol. The van der Waals surface area contributed by atoms with Crippen molar-refractivity contribution in [1.82, 2.24) is 0 Å². The van der Waals surface area contributed by atoms with Gasteiger partial charge in [-0.1, -0.05) is 25.2 Å². The molecule has 0 saturated carbocycles. The lowest BCUT2D eigenvalue weighted by atomic mass is 10.0. The average Bonchev–Trinajstić information content (AvgIpc) is 2.49. The summed E-state index contributed by atoms with van der Waals surface area (Å²) in [4.78, 5) is 11.8. The fraction of sp³-hybridized carbons (Fsp3) is 0.500. The van der Waals surface area contributed by atoms with Crippen LogP contribution in [0.2, 0.25) is 0 Å². The summed E-state index contributed by atoms with van der Waals surface area (Å²) >= 11 is 0. The summed E-state index contributed by atoms with van der Waals surface area (Å²) in [6, 6.07) is 0. The molecule has 0 amide bonds. The molecule has 0 aromatic rings. The highest BCUT2D eigenvalue weighted by Gasteiger charge is 2.37. The first-order chi connectivity index (χ1) is 7.98. The van der Waals surface area contributed by atoms with Crippen LogP contribution in [0.1, 0.15) is 33.6 Å². The average molecular weight is 236 g/mol. The van der Waals surface area contributed by atoms with Gasteiger partial charge in [-0.05, 0) is 26.3 Å². The molecule has 0 aliphatic carbocycles. The van der Waals surface area contributed by atoms with Crippen molar-refractivity contribution in [2.75, 3.05) is 0 Å². The van der Waals surface area contributed by atoms with Crippen LogP contribution in [0.15, 0.2) is 36.1 Å². The quantitative estimate of drug-likeness (QED) is 0.746. The Labute approximate surface area is 102 Å². The minimum Gasteiger partial charge on any atom is -0.479 e. The standard InChI is InChI=1S/C14H20O3/c1-4-5-6-7-8-14(3)13(16)10-12(17-14)9-11(2)15/h5-8,10-11,15H,4,9H2,1-3H3/b6-5+,8-7+/t11-,14+/m1/s1. The predicted molar refractivity (Wildman–Crippen MR) is 67.4 cm³/mol. The van der Waals surface area contributed by atoms with E-state index < -0.39 is 11.7 Å². The maximum absolute atomic E-state index is 11.8. The molecule has 94 valence electrons. The van der Waals surface area contributed by atoms with Crippen LogP contribution in [0.25, 0.3) is 0 Å². The molecular formula is C14H20O3. The van der Waals surface area contributed by atoms with Gasteiger partial charge in [-0.2, -0.15) is 0 Å². The van der Waals surface area contributed by atoms with E-state index in [-0.39, 0.29) is 5.78 Å².